The zero-order valence-electron chi connectivity index (χ0n) is 11.3. The van der Waals surface area contributed by atoms with Crippen molar-refractivity contribution in [3.63, 3.8) is 0 Å². The first-order valence-electron chi connectivity index (χ1n) is 7.08. The molecule has 1 aromatic carbocycles. The summed E-state index contributed by atoms with van der Waals surface area (Å²) in [5.41, 5.74) is 7.14. The van der Waals surface area contributed by atoms with E-state index in [-0.39, 0.29) is 18.1 Å². The van der Waals surface area contributed by atoms with Crippen molar-refractivity contribution in [2.45, 2.75) is 43.9 Å². The number of hydrogen-bond donors (Lipinski definition) is 2. The Morgan fingerprint density at radius 3 is 2.70 bits per heavy atom. The van der Waals surface area contributed by atoms with Gasteiger partial charge < -0.3 is 16.0 Å². The number of nitrogens with zero attached hydrogens (tertiary/aromatic N) is 1. The summed E-state index contributed by atoms with van der Waals surface area (Å²) in [5.74, 6) is -0.969. The summed E-state index contributed by atoms with van der Waals surface area (Å²) in [6.45, 7) is 0.473. The number of amides is 2. The fourth-order valence-corrected chi connectivity index (χ4v) is 3.22. The zero-order chi connectivity index (χ0) is 14.1. The minimum atomic E-state index is -0.528. The van der Waals surface area contributed by atoms with Crippen LogP contribution in [-0.2, 0) is 16.1 Å². The predicted molar refractivity (Wildman–Crippen MR) is 74.5 cm³/mol. The SMILES string of the molecule is N[C@H]1CCC[C@H]2[C@H]1NC(=O)C(=O)N2Cc1ccccc1. The molecule has 0 bridgehead atoms. The second kappa shape index (κ2) is 5.25. The van der Waals surface area contributed by atoms with Crippen molar-refractivity contribution >= 4 is 11.8 Å². The maximum Gasteiger partial charge on any atom is 0.312 e. The Morgan fingerprint density at radius 1 is 1.20 bits per heavy atom. The Hall–Kier alpha value is -1.88. The molecule has 5 nitrogen and oxygen atoms in total. The number of nitrogens with two attached hydrogens (primary N) is 1. The lowest BCUT2D eigenvalue weighted by Gasteiger charge is -2.46. The van der Waals surface area contributed by atoms with Crippen LogP contribution in [0.1, 0.15) is 24.8 Å². The molecule has 2 fully saturated rings. The van der Waals surface area contributed by atoms with Gasteiger partial charge in [-0.05, 0) is 24.8 Å². The van der Waals surface area contributed by atoms with Crippen LogP contribution < -0.4 is 11.1 Å². The smallest absolute Gasteiger partial charge is 0.312 e. The number of fused-ring (bicyclic) bond motifs is 1. The molecule has 1 aromatic rings. The second-order valence-corrected chi connectivity index (χ2v) is 5.58. The van der Waals surface area contributed by atoms with Crippen LogP contribution in [0.2, 0.25) is 0 Å². The van der Waals surface area contributed by atoms with Crippen LogP contribution in [0, 0.1) is 0 Å². The third-order valence-corrected chi connectivity index (χ3v) is 4.26. The molecule has 0 spiro atoms. The monoisotopic (exact) mass is 273 g/mol. The van der Waals surface area contributed by atoms with Gasteiger partial charge in [-0.3, -0.25) is 9.59 Å². The standard InChI is InChI=1S/C15H19N3O2/c16-11-7-4-8-12-13(11)17-14(19)15(20)18(12)9-10-5-2-1-3-6-10/h1-3,5-6,11-13H,4,7-9,16H2,(H,17,19)/t11-,12-,13-/m0/s1. The summed E-state index contributed by atoms with van der Waals surface area (Å²) in [6, 6.07) is 9.59. The number of piperazine rings is 1. The molecule has 0 aromatic heterocycles. The van der Waals surface area contributed by atoms with E-state index in [9.17, 15) is 9.59 Å². The van der Waals surface area contributed by atoms with Crippen LogP contribution in [0.4, 0.5) is 0 Å². The molecule has 1 saturated heterocycles. The Kier molecular flexibility index (Phi) is 3.44. The minimum absolute atomic E-state index is 0.0177. The van der Waals surface area contributed by atoms with Crippen LogP contribution >= 0.6 is 0 Å². The van der Waals surface area contributed by atoms with E-state index in [2.05, 4.69) is 5.32 Å². The number of carbonyl (C=O) groups is 2. The molecule has 0 radical (unpaired) electrons. The molecule has 106 valence electrons. The first-order valence-corrected chi connectivity index (χ1v) is 7.08. The van der Waals surface area contributed by atoms with Gasteiger partial charge >= 0.3 is 11.8 Å². The Morgan fingerprint density at radius 2 is 1.95 bits per heavy atom. The first-order chi connectivity index (χ1) is 9.66. The minimum Gasteiger partial charge on any atom is -0.341 e. The molecule has 5 heteroatoms. The van der Waals surface area contributed by atoms with Gasteiger partial charge in [0.25, 0.3) is 0 Å². The summed E-state index contributed by atoms with van der Waals surface area (Å²) in [7, 11) is 0. The van der Waals surface area contributed by atoms with Crippen molar-refractivity contribution in [2.24, 2.45) is 5.73 Å². The molecule has 2 amide bonds. The van der Waals surface area contributed by atoms with Crippen molar-refractivity contribution < 1.29 is 9.59 Å². The van der Waals surface area contributed by atoms with Crippen LogP contribution in [0.3, 0.4) is 0 Å². The van der Waals surface area contributed by atoms with E-state index in [4.69, 9.17) is 5.73 Å². The fourth-order valence-electron chi connectivity index (χ4n) is 3.22. The number of benzene rings is 1. The normalized spacial score (nSPS) is 29.9. The molecular formula is C15H19N3O2. The van der Waals surface area contributed by atoms with Gasteiger partial charge in [-0.1, -0.05) is 30.3 Å². The van der Waals surface area contributed by atoms with E-state index in [1.165, 1.54) is 0 Å². The molecule has 1 heterocycles. The van der Waals surface area contributed by atoms with E-state index < -0.39 is 11.8 Å². The highest BCUT2D eigenvalue weighted by atomic mass is 16.2. The summed E-state index contributed by atoms with van der Waals surface area (Å²) in [5, 5.41) is 2.78. The summed E-state index contributed by atoms with van der Waals surface area (Å²) < 4.78 is 0. The lowest BCUT2D eigenvalue weighted by molar-refractivity contribution is -0.154. The predicted octanol–water partition coefficient (Wildman–Crippen LogP) is 0.393. The van der Waals surface area contributed by atoms with Gasteiger partial charge in [0.2, 0.25) is 0 Å². The Balaban J connectivity index is 1.85. The lowest BCUT2D eigenvalue weighted by Crippen LogP contribution is -2.69. The molecule has 20 heavy (non-hydrogen) atoms. The largest absolute Gasteiger partial charge is 0.341 e. The Labute approximate surface area is 118 Å². The van der Waals surface area contributed by atoms with Crippen LogP contribution in [0.5, 0.6) is 0 Å². The van der Waals surface area contributed by atoms with Gasteiger partial charge in [-0.2, -0.15) is 0 Å². The lowest BCUT2D eigenvalue weighted by atomic mass is 9.83. The molecular weight excluding hydrogens is 254 g/mol. The molecule has 3 atom stereocenters. The van der Waals surface area contributed by atoms with Crippen molar-refractivity contribution in [3.8, 4) is 0 Å². The van der Waals surface area contributed by atoms with Crippen molar-refractivity contribution in [3.05, 3.63) is 35.9 Å². The van der Waals surface area contributed by atoms with Crippen molar-refractivity contribution in [2.75, 3.05) is 0 Å². The average Bonchev–Trinajstić information content (AvgIpc) is 2.46. The number of carbonyl (C=O) groups excluding carboxylic acids is 2. The van der Waals surface area contributed by atoms with Gasteiger partial charge in [0.05, 0.1) is 12.1 Å². The van der Waals surface area contributed by atoms with E-state index in [1.54, 1.807) is 4.90 Å². The average molecular weight is 273 g/mol. The number of hydrogen-bond acceptors (Lipinski definition) is 3. The van der Waals surface area contributed by atoms with Crippen LogP contribution in [-0.4, -0.2) is 34.8 Å². The summed E-state index contributed by atoms with van der Waals surface area (Å²) in [6.07, 6.45) is 2.79. The third kappa shape index (κ3) is 2.29. The van der Waals surface area contributed by atoms with Gasteiger partial charge in [-0.15, -0.1) is 0 Å². The van der Waals surface area contributed by atoms with E-state index in [0.717, 1.165) is 24.8 Å². The topological polar surface area (TPSA) is 75.4 Å². The highest BCUT2D eigenvalue weighted by Crippen LogP contribution is 2.27. The van der Waals surface area contributed by atoms with Gasteiger partial charge in [0.1, 0.15) is 0 Å². The number of rotatable bonds is 2. The number of nitrogens with one attached hydrogen (secondary N) is 1. The fraction of sp³-hybridized carbons (Fsp3) is 0.467. The van der Waals surface area contributed by atoms with Crippen molar-refractivity contribution in [1.82, 2.24) is 10.2 Å². The maximum absolute atomic E-state index is 12.2. The quantitative estimate of drug-likeness (QED) is 0.766. The Bertz CT molecular complexity index is 517. The van der Waals surface area contributed by atoms with Crippen LogP contribution in [0.25, 0.3) is 0 Å². The molecule has 2 aliphatic rings. The highest BCUT2D eigenvalue weighted by molar-refractivity contribution is 6.35. The molecule has 3 rings (SSSR count). The molecule has 1 aliphatic carbocycles. The van der Waals surface area contributed by atoms with Crippen molar-refractivity contribution in [1.29, 1.82) is 0 Å². The summed E-state index contributed by atoms with van der Waals surface area (Å²) in [4.78, 5) is 25.7. The van der Waals surface area contributed by atoms with E-state index >= 15 is 0 Å². The van der Waals surface area contributed by atoms with Crippen LogP contribution in [0.15, 0.2) is 30.3 Å². The van der Waals surface area contributed by atoms with Gasteiger partial charge in [0, 0.05) is 12.6 Å². The molecule has 1 saturated carbocycles. The second-order valence-electron chi connectivity index (χ2n) is 5.58. The van der Waals surface area contributed by atoms with Gasteiger partial charge in [-0.25, -0.2) is 0 Å². The molecule has 0 unspecified atom stereocenters. The summed E-state index contributed by atoms with van der Waals surface area (Å²) >= 11 is 0. The highest BCUT2D eigenvalue weighted by Gasteiger charge is 2.44. The molecule has 1 aliphatic heterocycles. The van der Waals surface area contributed by atoms with E-state index in [1.807, 2.05) is 30.3 Å². The third-order valence-electron chi connectivity index (χ3n) is 4.26. The maximum atomic E-state index is 12.2. The zero-order valence-corrected chi connectivity index (χ0v) is 11.3. The van der Waals surface area contributed by atoms with E-state index in [0.29, 0.717) is 6.54 Å². The molecule has 3 N–H and O–H groups in total. The first kappa shape index (κ1) is 13.1. The van der Waals surface area contributed by atoms with Gasteiger partial charge in [0.15, 0.2) is 0 Å².